The van der Waals surface area contributed by atoms with E-state index >= 15 is 0 Å². The summed E-state index contributed by atoms with van der Waals surface area (Å²) in [6.07, 6.45) is 0. The largest absolute Gasteiger partial charge is 0.508 e. The SMILES string of the molecule is CCn1c(SCC(=O)c2ccc3c(c2)OCCO3)nnc1-c1ccc(O)cc1. The highest BCUT2D eigenvalue weighted by Crippen LogP contribution is 2.31. The van der Waals surface area contributed by atoms with Crippen LogP contribution in [-0.4, -0.2) is 44.6 Å². The fraction of sp³-hybridized carbons (Fsp3) is 0.250. The molecule has 0 spiro atoms. The summed E-state index contributed by atoms with van der Waals surface area (Å²) in [4.78, 5) is 12.6. The Morgan fingerprint density at radius 1 is 1.11 bits per heavy atom. The summed E-state index contributed by atoms with van der Waals surface area (Å²) >= 11 is 1.35. The van der Waals surface area contributed by atoms with Crippen LogP contribution in [-0.2, 0) is 6.54 Å². The van der Waals surface area contributed by atoms with Crippen LogP contribution < -0.4 is 9.47 Å². The first-order valence-corrected chi connectivity index (χ1v) is 9.92. The first-order valence-electron chi connectivity index (χ1n) is 8.94. The van der Waals surface area contributed by atoms with Crippen molar-refractivity contribution in [2.75, 3.05) is 19.0 Å². The van der Waals surface area contributed by atoms with E-state index in [9.17, 15) is 9.90 Å². The number of aromatic nitrogens is 3. The fourth-order valence-electron chi connectivity index (χ4n) is 2.93. The smallest absolute Gasteiger partial charge is 0.191 e. The Labute approximate surface area is 166 Å². The van der Waals surface area contributed by atoms with E-state index in [0.717, 1.165) is 5.56 Å². The molecule has 8 heteroatoms. The number of phenols is 1. The lowest BCUT2D eigenvalue weighted by Gasteiger charge is -2.18. The van der Waals surface area contributed by atoms with Crippen LogP contribution >= 0.6 is 11.8 Å². The molecular weight excluding hydrogens is 378 g/mol. The van der Waals surface area contributed by atoms with Gasteiger partial charge in [0.1, 0.15) is 19.0 Å². The third-order valence-corrected chi connectivity index (χ3v) is 5.32. The molecule has 0 unspecified atom stereocenters. The van der Waals surface area contributed by atoms with Gasteiger partial charge >= 0.3 is 0 Å². The number of nitrogens with zero attached hydrogens (tertiary/aromatic N) is 3. The number of ether oxygens (including phenoxy) is 2. The molecule has 0 amide bonds. The van der Waals surface area contributed by atoms with Gasteiger partial charge in [-0.2, -0.15) is 0 Å². The molecule has 0 saturated heterocycles. The number of aromatic hydroxyl groups is 1. The number of fused-ring (bicyclic) bond motifs is 1. The maximum absolute atomic E-state index is 12.6. The van der Waals surface area contributed by atoms with E-state index in [0.29, 0.717) is 47.8 Å². The van der Waals surface area contributed by atoms with Crippen LogP contribution in [0.25, 0.3) is 11.4 Å². The second-order valence-electron chi connectivity index (χ2n) is 6.17. The second kappa shape index (κ2) is 7.93. The molecule has 1 aliphatic rings. The summed E-state index contributed by atoms with van der Waals surface area (Å²) in [5.41, 5.74) is 1.44. The van der Waals surface area contributed by atoms with Gasteiger partial charge in [0.25, 0.3) is 0 Å². The van der Waals surface area contributed by atoms with Crippen LogP contribution in [0.4, 0.5) is 0 Å². The highest BCUT2D eigenvalue weighted by Gasteiger charge is 2.18. The number of benzene rings is 2. The van der Waals surface area contributed by atoms with Crippen molar-refractivity contribution < 1.29 is 19.4 Å². The number of carbonyl (C=O) groups is 1. The summed E-state index contributed by atoms with van der Waals surface area (Å²) in [6.45, 7) is 3.68. The molecule has 4 rings (SSSR count). The molecule has 1 aliphatic heterocycles. The Morgan fingerprint density at radius 3 is 2.61 bits per heavy atom. The molecule has 7 nitrogen and oxygen atoms in total. The molecule has 2 aromatic carbocycles. The number of Topliss-reactive ketones (excluding diaryl/α,β-unsaturated/α-hetero) is 1. The lowest BCUT2D eigenvalue weighted by atomic mass is 10.1. The Kier molecular flexibility index (Phi) is 5.21. The Balaban J connectivity index is 1.49. The van der Waals surface area contributed by atoms with Crippen molar-refractivity contribution in [1.82, 2.24) is 14.8 Å². The topological polar surface area (TPSA) is 86.5 Å². The molecule has 0 atom stereocenters. The number of hydrogen-bond donors (Lipinski definition) is 1. The number of thioether (sulfide) groups is 1. The lowest BCUT2D eigenvalue weighted by molar-refractivity contribution is 0.102. The minimum atomic E-state index is -0.0150. The van der Waals surface area contributed by atoms with Crippen molar-refractivity contribution in [3.63, 3.8) is 0 Å². The van der Waals surface area contributed by atoms with Gasteiger partial charge < -0.3 is 19.1 Å². The molecule has 0 fully saturated rings. The second-order valence-corrected chi connectivity index (χ2v) is 7.11. The number of carbonyl (C=O) groups excluding carboxylic acids is 1. The van der Waals surface area contributed by atoms with Gasteiger partial charge in [-0.1, -0.05) is 11.8 Å². The van der Waals surface area contributed by atoms with Gasteiger partial charge in [0.15, 0.2) is 28.3 Å². The van der Waals surface area contributed by atoms with Crippen LogP contribution in [0.3, 0.4) is 0 Å². The van der Waals surface area contributed by atoms with Crippen LogP contribution in [0.1, 0.15) is 17.3 Å². The number of rotatable bonds is 6. The molecule has 0 radical (unpaired) electrons. The normalized spacial score (nSPS) is 12.8. The maximum Gasteiger partial charge on any atom is 0.191 e. The third kappa shape index (κ3) is 3.68. The van der Waals surface area contributed by atoms with E-state index in [1.54, 1.807) is 42.5 Å². The summed E-state index contributed by atoms with van der Waals surface area (Å²) < 4.78 is 13.0. The fourth-order valence-corrected chi connectivity index (χ4v) is 3.83. The van der Waals surface area contributed by atoms with Gasteiger partial charge in [-0.25, -0.2) is 0 Å². The molecular formula is C20H19N3O4S. The third-order valence-electron chi connectivity index (χ3n) is 4.36. The number of ketones is 1. The van der Waals surface area contributed by atoms with E-state index in [1.165, 1.54) is 11.8 Å². The van der Waals surface area contributed by atoms with Gasteiger partial charge in [0.2, 0.25) is 0 Å². The Bertz CT molecular complexity index is 1000. The minimum absolute atomic E-state index is 0.0150. The zero-order chi connectivity index (χ0) is 19.5. The van der Waals surface area contributed by atoms with Crippen molar-refractivity contribution >= 4 is 17.5 Å². The molecule has 1 N–H and O–H groups in total. The van der Waals surface area contributed by atoms with Crippen molar-refractivity contribution in [2.24, 2.45) is 0 Å². The van der Waals surface area contributed by atoms with E-state index in [1.807, 2.05) is 11.5 Å². The lowest BCUT2D eigenvalue weighted by Crippen LogP contribution is -2.16. The van der Waals surface area contributed by atoms with Crippen LogP contribution in [0.5, 0.6) is 17.2 Å². The Morgan fingerprint density at radius 2 is 1.86 bits per heavy atom. The molecule has 144 valence electrons. The predicted molar refractivity (Wildman–Crippen MR) is 105 cm³/mol. The van der Waals surface area contributed by atoms with Gasteiger partial charge in [-0.15, -0.1) is 10.2 Å². The summed E-state index contributed by atoms with van der Waals surface area (Å²) in [5.74, 6) is 2.41. The Hall–Kier alpha value is -3.00. The number of hydrogen-bond acceptors (Lipinski definition) is 7. The highest BCUT2D eigenvalue weighted by molar-refractivity contribution is 7.99. The highest BCUT2D eigenvalue weighted by atomic mass is 32.2. The minimum Gasteiger partial charge on any atom is -0.508 e. The van der Waals surface area contributed by atoms with Crippen LogP contribution in [0, 0.1) is 0 Å². The molecule has 1 aromatic heterocycles. The van der Waals surface area contributed by atoms with E-state index in [2.05, 4.69) is 10.2 Å². The molecule has 0 bridgehead atoms. The van der Waals surface area contributed by atoms with Gasteiger partial charge in [0, 0.05) is 17.7 Å². The zero-order valence-electron chi connectivity index (χ0n) is 15.3. The van der Waals surface area contributed by atoms with Gasteiger partial charge in [-0.3, -0.25) is 4.79 Å². The van der Waals surface area contributed by atoms with Crippen molar-refractivity contribution in [1.29, 1.82) is 0 Å². The van der Waals surface area contributed by atoms with E-state index in [-0.39, 0.29) is 17.3 Å². The van der Waals surface area contributed by atoms with Crippen molar-refractivity contribution in [3.8, 4) is 28.6 Å². The first-order chi connectivity index (χ1) is 13.7. The summed E-state index contributed by atoms with van der Waals surface area (Å²) in [7, 11) is 0. The quantitative estimate of drug-likeness (QED) is 0.504. The van der Waals surface area contributed by atoms with E-state index < -0.39 is 0 Å². The first kappa shape index (κ1) is 18.4. The molecule has 0 saturated carbocycles. The van der Waals surface area contributed by atoms with E-state index in [4.69, 9.17) is 9.47 Å². The van der Waals surface area contributed by atoms with Crippen LogP contribution in [0.2, 0.25) is 0 Å². The number of phenolic OH excluding ortho intramolecular Hbond substituents is 1. The molecule has 2 heterocycles. The monoisotopic (exact) mass is 397 g/mol. The molecule has 28 heavy (non-hydrogen) atoms. The van der Waals surface area contributed by atoms with Gasteiger partial charge in [0.05, 0.1) is 5.75 Å². The van der Waals surface area contributed by atoms with Crippen molar-refractivity contribution in [3.05, 3.63) is 48.0 Å². The summed E-state index contributed by atoms with van der Waals surface area (Å²) in [5, 5.41) is 18.6. The molecule has 3 aromatic rings. The van der Waals surface area contributed by atoms with Gasteiger partial charge in [-0.05, 0) is 49.4 Å². The zero-order valence-corrected chi connectivity index (χ0v) is 16.1. The molecule has 0 aliphatic carbocycles. The summed E-state index contributed by atoms with van der Waals surface area (Å²) in [6, 6.07) is 12.1. The predicted octanol–water partition coefficient (Wildman–Crippen LogP) is 3.42. The van der Waals surface area contributed by atoms with Crippen molar-refractivity contribution in [2.45, 2.75) is 18.6 Å². The average molecular weight is 397 g/mol. The average Bonchev–Trinajstić information content (AvgIpc) is 3.15. The standard InChI is InChI=1S/C20H19N3O4S/c1-2-23-19(13-3-6-15(24)7-4-13)21-22-20(23)28-12-16(25)14-5-8-17-18(11-14)27-10-9-26-17/h3-8,11,24H,2,9-10,12H2,1H3. The van der Waals surface area contributed by atoms with Crippen LogP contribution in [0.15, 0.2) is 47.6 Å². The maximum atomic E-state index is 12.6.